The third-order valence-electron chi connectivity index (χ3n) is 3.97. The van der Waals surface area contributed by atoms with Gasteiger partial charge in [0.2, 0.25) is 0 Å². The van der Waals surface area contributed by atoms with E-state index in [0.29, 0.717) is 6.61 Å². The van der Waals surface area contributed by atoms with Gasteiger partial charge in [-0.3, -0.25) is 0 Å². The van der Waals surface area contributed by atoms with Crippen LogP contribution in [-0.4, -0.2) is 36.2 Å². The van der Waals surface area contributed by atoms with Gasteiger partial charge in [0.25, 0.3) is 0 Å². The second kappa shape index (κ2) is 8.08. The van der Waals surface area contributed by atoms with E-state index in [0.717, 1.165) is 18.3 Å². The highest BCUT2D eigenvalue weighted by Gasteiger charge is 2.23. The summed E-state index contributed by atoms with van der Waals surface area (Å²) in [5.41, 5.74) is 0. The Kier molecular flexibility index (Phi) is 7.06. The first kappa shape index (κ1) is 14.0. The molecule has 0 aromatic rings. The van der Waals surface area contributed by atoms with Gasteiger partial charge < -0.3 is 10.0 Å². The largest absolute Gasteiger partial charge is 0.396 e. The molecule has 0 aliphatic carbocycles. The highest BCUT2D eigenvalue weighted by molar-refractivity contribution is 4.77. The number of unbranched alkanes of at least 4 members (excludes halogenated alkanes) is 1. The summed E-state index contributed by atoms with van der Waals surface area (Å²) in [5, 5.41) is 8.94. The van der Waals surface area contributed by atoms with Gasteiger partial charge in [-0.05, 0) is 37.6 Å². The summed E-state index contributed by atoms with van der Waals surface area (Å²) in [5.74, 6) is 1.65. The van der Waals surface area contributed by atoms with Crippen LogP contribution < -0.4 is 0 Å². The Morgan fingerprint density at radius 2 is 2.19 bits per heavy atom. The number of rotatable bonds is 8. The molecule has 1 rings (SSSR count). The molecule has 1 heterocycles. The van der Waals surface area contributed by atoms with Crippen molar-refractivity contribution in [2.24, 2.45) is 11.8 Å². The summed E-state index contributed by atoms with van der Waals surface area (Å²) in [7, 11) is 0. The number of aliphatic hydroxyl groups excluding tert-OH is 1. The van der Waals surface area contributed by atoms with Crippen molar-refractivity contribution in [3.63, 3.8) is 0 Å². The number of likely N-dealkylation sites (tertiary alicyclic amines) is 1. The molecule has 1 saturated heterocycles. The molecule has 1 aliphatic rings. The van der Waals surface area contributed by atoms with E-state index in [4.69, 9.17) is 5.11 Å². The molecule has 0 saturated carbocycles. The Hall–Kier alpha value is -0.0800. The van der Waals surface area contributed by atoms with E-state index in [1.54, 1.807) is 0 Å². The molecule has 0 aromatic heterocycles. The average Bonchev–Trinajstić information content (AvgIpc) is 2.72. The van der Waals surface area contributed by atoms with Gasteiger partial charge in [0.1, 0.15) is 0 Å². The molecule has 2 heteroatoms. The predicted molar refractivity (Wildman–Crippen MR) is 69.6 cm³/mol. The summed E-state index contributed by atoms with van der Waals surface area (Å²) < 4.78 is 0. The van der Waals surface area contributed by atoms with Crippen LogP contribution in [0.15, 0.2) is 0 Å². The van der Waals surface area contributed by atoms with Crippen LogP contribution in [0, 0.1) is 11.8 Å². The second-order valence-corrected chi connectivity index (χ2v) is 5.34. The zero-order valence-corrected chi connectivity index (χ0v) is 11.1. The maximum Gasteiger partial charge on any atom is 0.0434 e. The monoisotopic (exact) mass is 227 g/mol. The van der Waals surface area contributed by atoms with E-state index in [1.165, 1.54) is 51.7 Å². The molecule has 0 aromatic carbocycles. The average molecular weight is 227 g/mol. The molecule has 96 valence electrons. The van der Waals surface area contributed by atoms with Crippen LogP contribution in [0.3, 0.4) is 0 Å². The zero-order chi connectivity index (χ0) is 11.8. The zero-order valence-electron chi connectivity index (χ0n) is 11.1. The van der Waals surface area contributed by atoms with E-state index in [2.05, 4.69) is 18.7 Å². The van der Waals surface area contributed by atoms with E-state index in [9.17, 15) is 0 Å². The van der Waals surface area contributed by atoms with Crippen molar-refractivity contribution in [1.29, 1.82) is 0 Å². The van der Waals surface area contributed by atoms with Crippen LogP contribution in [0.4, 0.5) is 0 Å². The number of hydrogen-bond acceptors (Lipinski definition) is 2. The highest BCUT2D eigenvalue weighted by atomic mass is 16.3. The van der Waals surface area contributed by atoms with Crippen molar-refractivity contribution < 1.29 is 5.11 Å². The Labute approximate surface area is 101 Å². The minimum Gasteiger partial charge on any atom is -0.396 e. The molecule has 0 spiro atoms. The van der Waals surface area contributed by atoms with Gasteiger partial charge in [-0.2, -0.15) is 0 Å². The summed E-state index contributed by atoms with van der Waals surface area (Å²) >= 11 is 0. The Morgan fingerprint density at radius 1 is 1.38 bits per heavy atom. The smallest absolute Gasteiger partial charge is 0.0434 e. The van der Waals surface area contributed by atoms with Gasteiger partial charge in [0.15, 0.2) is 0 Å². The molecule has 16 heavy (non-hydrogen) atoms. The molecule has 2 nitrogen and oxygen atoms in total. The molecule has 2 unspecified atom stereocenters. The maximum atomic E-state index is 8.94. The minimum atomic E-state index is 0.367. The molecular weight excluding hydrogens is 198 g/mol. The van der Waals surface area contributed by atoms with Crippen LogP contribution in [0.5, 0.6) is 0 Å². The molecule has 0 bridgehead atoms. The summed E-state index contributed by atoms with van der Waals surface area (Å²) in [6.07, 6.45) is 7.72. The molecule has 2 atom stereocenters. The predicted octanol–water partition coefficient (Wildman–Crippen LogP) is 2.91. The van der Waals surface area contributed by atoms with Gasteiger partial charge in [-0.1, -0.05) is 33.1 Å². The first-order chi connectivity index (χ1) is 7.80. The first-order valence-corrected chi connectivity index (χ1v) is 7.13. The normalized spacial score (nSPS) is 23.8. The molecule has 1 N–H and O–H groups in total. The summed E-state index contributed by atoms with van der Waals surface area (Å²) in [6.45, 7) is 8.74. The van der Waals surface area contributed by atoms with Crippen LogP contribution in [0.25, 0.3) is 0 Å². The Morgan fingerprint density at radius 3 is 2.81 bits per heavy atom. The van der Waals surface area contributed by atoms with Crippen molar-refractivity contribution >= 4 is 0 Å². The lowest BCUT2D eigenvalue weighted by Crippen LogP contribution is -2.27. The standard InChI is InChI=1S/C14H29NO/c1-3-5-6-13(4-2)11-15-9-7-14(12-15)8-10-16/h13-14,16H,3-12H2,1-2H3. The molecule has 1 aliphatic heterocycles. The first-order valence-electron chi connectivity index (χ1n) is 7.13. The van der Waals surface area contributed by atoms with E-state index >= 15 is 0 Å². The van der Waals surface area contributed by atoms with Gasteiger partial charge in [-0.25, -0.2) is 0 Å². The Balaban J connectivity index is 2.20. The van der Waals surface area contributed by atoms with Crippen molar-refractivity contribution in [3.8, 4) is 0 Å². The lowest BCUT2D eigenvalue weighted by Gasteiger charge is -2.22. The number of aliphatic hydroxyl groups is 1. The SMILES string of the molecule is CCCCC(CC)CN1CCC(CCO)C1. The lowest BCUT2D eigenvalue weighted by atomic mass is 9.99. The fourth-order valence-electron chi connectivity index (χ4n) is 2.78. The summed E-state index contributed by atoms with van der Waals surface area (Å²) in [6, 6.07) is 0. The van der Waals surface area contributed by atoms with Crippen molar-refractivity contribution in [2.75, 3.05) is 26.2 Å². The third kappa shape index (κ3) is 4.84. The van der Waals surface area contributed by atoms with E-state index in [1.807, 2.05) is 0 Å². The third-order valence-corrected chi connectivity index (χ3v) is 3.97. The van der Waals surface area contributed by atoms with Gasteiger partial charge in [0, 0.05) is 19.7 Å². The highest BCUT2D eigenvalue weighted by Crippen LogP contribution is 2.22. The fourth-order valence-corrected chi connectivity index (χ4v) is 2.78. The lowest BCUT2D eigenvalue weighted by molar-refractivity contribution is 0.232. The fraction of sp³-hybridized carbons (Fsp3) is 1.00. The van der Waals surface area contributed by atoms with Gasteiger partial charge in [0.05, 0.1) is 0 Å². The molecule has 0 radical (unpaired) electrons. The summed E-state index contributed by atoms with van der Waals surface area (Å²) in [4.78, 5) is 2.62. The van der Waals surface area contributed by atoms with Crippen LogP contribution in [0.1, 0.15) is 52.4 Å². The van der Waals surface area contributed by atoms with Gasteiger partial charge in [-0.15, -0.1) is 0 Å². The van der Waals surface area contributed by atoms with Crippen molar-refractivity contribution in [3.05, 3.63) is 0 Å². The van der Waals surface area contributed by atoms with Crippen LogP contribution in [0.2, 0.25) is 0 Å². The van der Waals surface area contributed by atoms with Crippen molar-refractivity contribution in [2.45, 2.75) is 52.4 Å². The molecular formula is C14H29NO. The number of hydrogen-bond donors (Lipinski definition) is 1. The molecule has 0 amide bonds. The van der Waals surface area contributed by atoms with Crippen LogP contribution in [-0.2, 0) is 0 Å². The second-order valence-electron chi connectivity index (χ2n) is 5.34. The number of nitrogens with zero attached hydrogens (tertiary/aromatic N) is 1. The minimum absolute atomic E-state index is 0.367. The van der Waals surface area contributed by atoms with E-state index < -0.39 is 0 Å². The van der Waals surface area contributed by atoms with E-state index in [-0.39, 0.29) is 0 Å². The van der Waals surface area contributed by atoms with Crippen molar-refractivity contribution in [1.82, 2.24) is 4.90 Å². The maximum absolute atomic E-state index is 8.94. The molecule has 1 fully saturated rings. The topological polar surface area (TPSA) is 23.5 Å². The Bertz CT molecular complexity index is 172. The quantitative estimate of drug-likeness (QED) is 0.689. The van der Waals surface area contributed by atoms with Gasteiger partial charge >= 0.3 is 0 Å². The van der Waals surface area contributed by atoms with Crippen LogP contribution >= 0.6 is 0 Å².